The zero-order chi connectivity index (χ0) is 17.0. The second-order valence-electron chi connectivity index (χ2n) is 6.08. The molecule has 2 N–H and O–H groups in total. The lowest BCUT2D eigenvalue weighted by Crippen LogP contribution is -2.48. The number of anilines is 1. The van der Waals surface area contributed by atoms with Crippen molar-refractivity contribution in [2.75, 3.05) is 5.32 Å². The Bertz CT molecular complexity index is 763. The minimum absolute atomic E-state index is 0.0863. The van der Waals surface area contributed by atoms with E-state index in [0.717, 1.165) is 31.4 Å². The minimum atomic E-state index is -3.55. The summed E-state index contributed by atoms with van der Waals surface area (Å²) in [7, 11) is -3.55. The van der Waals surface area contributed by atoms with Gasteiger partial charge in [0.1, 0.15) is 0 Å². The van der Waals surface area contributed by atoms with Gasteiger partial charge in [-0.05, 0) is 49.2 Å². The maximum absolute atomic E-state index is 12.6. The van der Waals surface area contributed by atoms with E-state index in [4.69, 9.17) is 11.6 Å². The molecule has 3 rings (SSSR count). The molecule has 24 heavy (non-hydrogen) atoms. The molecule has 0 unspecified atom stereocenters. The predicted molar refractivity (Wildman–Crippen MR) is 97.9 cm³/mol. The molecule has 0 spiro atoms. The molecule has 0 heterocycles. The first-order valence-corrected chi connectivity index (χ1v) is 10.0. The summed E-state index contributed by atoms with van der Waals surface area (Å²) in [5.41, 5.74) is 1.01. The largest absolute Gasteiger partial charge is 0.381 e. The van der Waals surface area contributed by atoms with Crippen LogP contribution in [-0.4, -0.2) is 20.5 Å². The van der Waals surface area contributed by atoms with Crippen LogP contribution in [0.3, 0.4) is 0 Å². The van der Waals surface area contributed by atoms with Gasteiger partial charge in [-0.25, -0.2) is 13.1 Å². The SMILES string of the molecule is O=S(=O)(N[C@@H]1CCCC[C@@H]1Nc1ccccc1)c1ccc(Cl)cc1. The van der Waals surface area contributed by atoms with Gasteiger partial charge in [0.15, 0.2) is 0 Å². The molecule has 1 saturated carbocycles. The second kappa shape index (κ2) is 7.55. The molecule has 0 amide bonds. The molecule has 1 aliphatic carbocycles. The van der Waals surface area contributed by atoms with Crippen LogP contribution in [0, 0.1) is 0 Å². The van der Waals surface area contributed by atoms with E-state index in [1.54, 1.807) is 12.1 Å². The highest BCUT2D eigenvalue weighted by Gasteiger charge is 2.29. The van der Waals surface area contributed by atoms with Crippen LogP contribution in [0.1, 0.15) is 25.7 Å². The molecule has 0 bridgehead atoms. The molecule has 2 aromatic rings. The predicted octanol–water partition coefficient (Wildman–Crippen LogP) is 4.04. The van der Waals surface area contributed by atoms with Gasteiger partial charge in [0, 0.05) is 22.8 Å². The van der Waals surface area contributed by atoms with Crippen molar-refractivity contribution in [2.24, 2.45) is 0 Å². The lowest BCUT2D eigenvalue weighted by Gasteiger charge is -2.33. The first kappa shape index (κ1) is 17.3. The molecule has 0 aliphatic heterocycles. The Kier molecular flexibility index (Phi) is 5.43. The van der Waals surface area contributed by atoms with Gasteiger partial charge < -0.3 is 5.32 Å². The molecule has 2 aromatic carbocycles. The molecule has 6 heteroatoms. The Morgan fingerprint density at radius 1 is 0.875 bits per heavy atom. The highest BCUT2D eigenvalue weighted by molar-refractivity contribution is 7.89. The van der Waals surface area contributed by atoms with E-state index in [1.807, 2.05) is 30.3 Å². The van der Waals surface area contributed by atoms with E-state index in [0.29, 0.717) is 5.02 Å². The van der Waals surface area contributed by atoms with Gasteiger partial charge in [-0.3, -0.25) is 0 Å². The van der Waals surface area contributed by atoms with Crippen LogP contribution < -0.4 is 10.0 Å². The zero-order valence-electron chi connectivity index (χ0n) is 13.3. The van der Waals surface area contributed by atoms with Crippen LogP contribution in [0.15, 0.2) is 59.5 Å². The molecule has 1 fully saturated rings. The number of rotatable bonds is 5. The van der Waals surface area contributed by atoms with Crippen molar-refractivity contribution < 1.29 is 8.42 Å². The highest BCUT2D eigenvalue weighted by Crippen LogP contribution is 2.24. The lowest BCUT2D eigenvalue weighted by molar-refractivity contribution is 0.378. The van der Waals surface area contributed by atoms with Crippen molar-refractivity contribution in [1.29, 1.82) is 0 Å². The van der Waals surface area contributed by atoms with Crippen LogP contribution in [0.25, 0.3) is 0 Å². The fraction of sp³-hybridized carbons (Fsp3) is 0.333. The van der Waals surface area contributed by atoms with E-state index >= 15 is 0 Å². The van der Waals surface area contributed by atoms with Gasteiger partial charge in [-0.15, -0.1) is 0 Å². The van der Waals surface area contributed by atoms with Crippen LogP contribution in [0.2, 0.25) is 5.02 Å². The minimum Gasteiger partial charge on any atom is -0.381 e. The van der Waals surface area contributed by atoms with E-state index in [9.17, 15) is 8.42 Å². The topological polar surface area (TPSA) is 58.2 Å². The molecule has 4 nitrogen and oxygen atoms in total. The first-order chi connectivity index (χ1) is 11.5. The maximum atomic E-state index is 12.6. The van der Waals surface area contributed by atoms with Crippen molar-refractivity contribution in [3.05, 3.63) is 59.6 Å². The van der Waals surface area contributed by atoms with E-state index in [2.05, 4.69) is 10.0 Å². The summed E-state index contributed by atoms with van der Waals surface area (Å²) >= 11 is 5.84. The average molecular weight is 365 g/mol. The lowest BCUT2D eigenvalue weighted by atomic mass is 9.91. The Morgan fingerprint density at radius 3 is 2.17 bits per heavy atom. The molecular formula is C18H21ClN2O2S. The van der Waals surface area contributed by atoms with Gasteiger partial charge in [0.2, 0.25) is 10.0 Å². The van der Waals surface area contributed by atoms with E-state index in [-0.39, 0.29) is 17.0 Å². The number of para-hydroxylation sites is 1. The third kappa shape index (κ3) is 4.29. The quantitative estimate of drug-likeness (QED) is 0.841. The number of hydrogen-bond donors (Lipinski definition) is 2. The first-order valence-electron chi connectivity index (χ1n) is 8.14. The number of hydrogen-bond acceptors (Lipinski definition) is 3. The van der Waals surface area contributed by atoms with E-state index in [1.165, 1.54) is 12.1 Å². The summed E-state index contributed by atoms with van der Waals surface area (Å²) in [5, 5.41) is 3.99. The molecule has 2 atom stereocenters. The number of halogens is 1. The summed E-state index contributed by atoms with van der Waals surface area (Å²) in [4.78, 5) is 0.246. The normalized spacial score (nSPS) is 21.4. The van der Waals surface area contributed by atoms with Crippen LogP contribution >= 0.6 is 11.6 Å². The Labute approximate surface area is 148 Å². The number of nitrogens with one attached hydrogen (secondary N) is 2. The van der Waals surface area contributed by atoms with Gasteiger partial charge in [0.25, 0.3) is 0 Å². The fourth-order valence-corrected chi connectivity index (χ4v) is 4.51. The van der Waals surface area contributed by atoms with Crippen molar-refractivity contribution in [1.82, 2.24) is 4.72 Å². The molecule has 1 aliphatic rings. The molecule has 0 aromatic heterocycles. The smallest absolute Gasteiger partial charge is 0.240 e. The van der Waals surface area contributed by atoms with Crippen molar-refractivity contribution >= 4 is 27.3 Å². The van der Waals surface area contributed by atoms with Gasteiger partial charge in [-0.1, -0.05) is 42.6 Å². The zero-order valence-corrected chi connectivity index (χ0v) is 14.9. The van der Waals surface area contributed by atoms with Gasteiger partial charge in [-0.2, -0.15) is 0 Å². The fourth-order valence-electron chi connectivity index (χ4n) is 3.07. The standard InChI is InChI=1S/C18H21ClN2O2S/c19-14-10-12-16(13-11-14)24(22,23)21-18-9-5-4-8-17(18)20-15-6-2-1-3-7-15/h1-3,6-7,10-13,17-18,20-21H,4-5,8-9H2/t17-,18+/m0/s1. The van der Waals surface area contributed by atoms with Crippen LogP contribution in [-0.2, 0) is 10.0 Å². The average Bonchev–Trinajstić information content (AvgIpc) is 2.58. The molecular weight excluding hydrogens is 344 g/mol. The van der Waals surface area contributed by atoms with Crippen LogP contribution in [0.5, 0.6) is 0 Å². The Hall–Kier alpha value is -1.56. The maximum Gasteiger partial charge on any atom is 0.240 e. The Morgan fingerprint density at radius 2 is 1.50 bits per heavy atom. The van der Waals surface area contributed by atoms with E-state index < -0.39 is 10.0 Å². The van der Waals surface area contributed by atoms with Crippen molar-refractivity contribution in [2.45, 2.75) is 42.7 Å². The van der Waals surface area contributed by atoms with Crippen molar-refractivity contribution in [3.8, 4) is 0 Å². The molecule has 0 saturated heterocycles. The Balaban J connectivity index is 1.74. The highest BCUT2D eigenvalue weighted by atomic mass is 35.5. The summed E-state index contributed by atoms with van der Waals surface area (Å²) in [6.45, 7) is 0. The molecule has 0 radical (unpaired) electrons. The number of benzene rings is 2. The number of sulfonamides is 1. The summed E-state index contributed by atoms with van der Waals surface area (Å²) < 4.78 is 28.1. The second-order valence-corrected chi connectivity index (χ2v) is 8.23. The van der Waals surface area contributed by atoms with Gasteiger partial charge in [0.05, 0.1) is 4.90 Å². The third-order valence-corrected chi connectivity index (χ3v) is 6.08. The van der Waals surface area contributed by atoms with Crippen molar-refractivity contribution in [3.63, 3.8) is 0 Å². The van der Waals surface area contributed by atoms with Gasteiger partial charge >= 0.3 is 0 Å². The summed E-state index contributed by atoms with van der Waals surface area (Å²) in [5.74, 6) is 0. The molecule has 128 valence electrons. The monoisotopic (exact) mass is 364 g/mol. The third-order valence-electron chi connectivity index (χ3n) is 4.32. The summed E-state index contributed by atoms with van der Waals surface area (Å²) in [6.07, 6.45) is 3.91. The van der Waals surface area contributed by atoms with Crippen LogP contribution in [0.4, 0.5) is 5.69 Å². The summed E-state index contributed by atoms with van der Waals surface area (Å²) in [6, 6.07) is 16.1.